The SMILES string of the molecule is O=S(=O)(Cl)[C@@H]1CCCC[C@H]1Cl. The van der Waals surface area contributed by atoms with E-state index >= 15 is 0 Å². The fourth-order valence-electron chi connectivity index (χ4n) is 1.37. The second-order valence-electron chi connectivity index (χ2n) is 2.81. The van der Waals surface area contributed by atoms with Crippen LogP contribution in [0, 0.1) is 0 Å². The van der Waals surface area contributed by atoms with E-state index in [0.29, 0.717) is 6.42 Å². The molecule has 2 nitrogen and oxygen atoms in total. The highest BCUT2D eigenvalue weighted by Crippen LogP contribution is 2.29. The van der Waals surface area contributed by atoms with Crippen LogP contribution >= 0.6 is 22.3 Å². The van der Waals surface area contributed by atoms with Crippen molar-refractivity contribution in [3.8, 4) is 0 Å². The maximum atomic E-state index is 10.9. The first-order chi connectivity index (χ1) is 5.02. The van der Waals surface area contributed by atoms with Crippen molar-refractivity contribution in [2.45, 2.75) is 36.3 Å². The summed E-state index contributed by atoms with van der Waals surface area (Å²) in [4.78, 5) is 0. The maximum Gasteiger partial charge on any atom is 0.236 e. The Morgan fingerprint density at radius 1 is 1.18 bits per heavy atom. The number of alkyl halides is 1. The Hall–Kier alpha value is 0.530. The number of halogens is 2. The Morgan fingerprint density at radius 3 is 2.09 bits per heavy atom. The summed E-state index contributed by atoms with van der Waals surface area (Å²) < 4.78 is 21.8. The van der Waals surface area contributed by atoms with Crippen molar-refractivity contribution in [1.29, 1.82) is 0 Å². The molecule has 0 bridgehead atoms. The van der Waals surface area contributed by atoms with E-state index in [1.165, 1.54) is 0 Å². The molecule has 2 atom stereocenters. The molecule has 11 heavy (non-hydrogen) atoms. The zero-order chi connectivity index (χ0) is 8.48. The molecule has 0 radical (unpaired) electrons. The molecule has 1 fully saturated rings. The average molecular weight is 217 g/mol. The van der Waals surface area contributed by atoms with E-state index in [-0.39, 0.29) is 5.38 Å². The van der Waals surface area contributed by atoms with Gasteiger partial charge in [-0.15, -0.1) is 11.6 Å². The van der Waals surface area contributed by atoms with Gasteiger partial charge in [-0.1, -0.05) is 12.8 Å². The van der Waals surface area contributed by atoms with E-state index in [1.807, 2.05) is 0 Å². The molecule has 0 aliphatic heterocycles. The number of hydrogen-bond acceptors (Lipinski definition) is 2. The molecule has 66 valence electrons. The molecule has 1 aliphatic rings. The second kappa shape index (κ2) is 3.50. The topological polar surface area (TPSA) is 34.1 Å². The third-order valence-corrected chi connectivity index (χ3v) is 4.63. The standard InChI is InChI=1S/C6H10Cl2O2S/c7-5-3-1-2-4-6(5)11(8,9)10/h5-6H,1-4H2/t5-,6-/m1/s1. The zero-order valence-corrected chi connectivity index (χ0v) is 8.29. The number of hydrogen-bond donors (Lipinski definition) is 0. The van der Waals surface area contributed by atoms with Gasteiger partial charge >= 0.3 is 0 Å². The monoisotopic (exact) mass is 216 g/mol. The summed E-state index contributed by atoms with van der Waals surface area (Å²) in [6, 6.07) is 0. The molecule has 5 heteroatoms. The molecule has 0 N–H and O–H groups in total. The van der Waals surface area contributed by atoms with Crippen LogP contribution in [0.5, 0.6) is 0 Å². The number of rotatable bonds is 1. The largest absolute Gasteiger partial charge is 0.236 e. The quantitative estimate of drug-likeness (QED) is 0.498. The molecule has 0 unspecified atom stereocenters. The van der Waals surface area contributed by atoms with Gasteiger partial charge in [-0.05, 0) is 12.8 Å². The average Bonchev–Trinajstić information content (AvgIpc) is 1.86. The van der Waals surface area contributed by atoms with Crippen LogP contribution in [-0.2, 0) is 9.05 Å². The van der Waals surface area contributed by atoms with E-state index in [9.17, 15) is 8.42 Å². The third-order valence-electron chi connectivity index (χ3n) is 1.98. The Balaban J connectivity index is 2.70. The zero-order valence-electron chi connectivity index (χ0n) is 5.96. The summed E-state index contributed by atoms with van der Waals surface area (Å²) in [5.74, 6) is 0. The molecule has 0 aromatic carbocycles. The van der Waals surface area contributed by atoms with Crippen LogP contribution in [0.4, 0.5) is 0 Å². The summed E-state index contributed by atoms with van der Waals surface area (Å²) >= 11 is 5.80. The minimum Gasteiger partial charge on any atom is -0.212 e. The summed E-state index contributed by atoms with van der Waals surface area (Å²) in [5, 5.41) is -0.814. The minimum atomic E-state index is -3.43. The van der Waals surface area contributed by atoms with Crippen molar-refractivity contribution in [3.63, 3.8) is 0 Å². The van der Waals surface area contributed by atoms with E-state index in [2.05, 4.69) is 0 Å². The van der Waals surface area contributed by atoms with Crippen LogP contribution in [0.15, 0.2) is 0 Å². The van der Waals surface area contributed by atoms with Crippen LogP contribution in [0.3, 0.4) is 0 Å². The molecule has 0 spiro atoms. The molecule has 0 aromatic rings. The molecule has 1 saturated carbocycles. The lowest BCUT2D eigenvalue weighted by Crippen LogP contribution is -2.30. The Kier molecular flexibility index (Phi) is 3.06. The smallest absolute Gasteiger partial charge is 0.212 e. The van der Waals surface area contributed by atoms with Crippen molar-refractivity contribution >= 4 is 31.3 Å². The molecule has 0 amide bonds. The van der Waals surface area contributed by atoms with Gasteiger partial charge in [0.1, 0.15) is 0 Å². The van der Waals surface area contributed by atoms with Crippen LogP contribution < -0.4 is 0 Å². The minimum absolute atomic E-state index is 0.286. The molecule has 0 heterocycles. The van der Waals surface area contributed by atoms with E-state index < -0.39 is 14.3 Å². The van der Waals surface area contributed by atoms with Crippen molar-refractivity contribution in [3.05, 3.63) is 0 Å². The van der Waals surface area contributed by atoms with Crippen LogP contribution in [0.25, 0.3) is 0 Å². The van der Waals surface area contributed by atoms with E-state index in [4.69, 9.17) is 22.3 Å². The Labute approximate surface area is 76.3 Å². The Bertz CT molecular complexity index is 225. The first-order valence-electron chi connectivity index (χ1n) is 3.59. The van der Waals surface area contributed by atoms with Crippen LogP contribution in [0.2, 0.25) is 0 Å². The van der Waals surface area contributed by atoms with Crippen LogP contribution in [0.1, 0.15) is 25.7 Å². The highest BCUT2D eigenvalue weighted by Gasteiger charge is 2.32. The van der Waals surface area contributed by atoms with Gasteiger partial charge in [0.15, 0.2) is 0 Å². The molecular weight excluding hydrogens is 207 g/mol. The van der Waals surface area contributed by atoms with E-state index in [0.717, 1.165) is 19.3 Å². The Morgan fingerprint density at radius 2 is 1.73 bits per heavy atom. The predicted molar refractivity (Wildman–Crippen MR) is 46.7 cm³/mol. The fraction of sp³-hybridized carbons (Fsp3) is 1.00. The van der Waals surface area contributed by atoms with Gasteiger partial charge in [0.05, 0.1) is 10.6 Å². The first-order valence-corrected chi connectivity index (χ1v) is 6.40. The van der Waals surface area contributed by atoms with Gasteiger partial charge in [0, 0.05) is 10.7 Å². The molecule has 1 aliphatic carbocycles. The maximum absolute atomic E-state index is 10.9. The lowest BCUT2D eigenvalue weighted by atomic mass is 10.00. The van der Waals surface area contributed by atoms with Gasteiger partial charge in [-0.3, -0.25) is 0 Å². The van der Waals surface area contributed by atoms with Crippen molar-refractivity contribution in [2.75, 3.05) is 0 Å². The highest BCUT2D eigenvalue weighted by atomic mass is 35.7. The second-order valence-corrected chi connectivity index (χ2v) is 6.22. The molecule has 1 rings (SSSR count). The van der Waals surface area contributed by atoms with Gasteiger partial charge in [-0.25, -0.2) is 8.42 Å². The summed E-state index contributed by atoms with van der Waals surface area (Å²) in [6.45, 7) is 0. The van der Waals surface area contributed by atoms with Crippen LogP contribution in [-0.4, -0.2) is 19.0 Å². The summed E-state index contributed by atoms with van der Waals surface area (Å²) in [5.41, 5.74) is 0. The lowest BCUT2D eigenvalue weighted by molar-refractivity contribution is 0.496. The van der Waals surface area contributed by atoms with Gasteiger partial charge in [0.2, 0.25) is 9.05 Å². The van der Waals surface area contributed by atoms with Gasteiger partial charge < -0.3 is 0 Å². The summed E-state index contributed by atoms with van der Waals surface area (Å²) in [7, 11) is 1.76. The first kappa shape index (κ1) is 9.62. The van der Waals surface area contributed by atoms with Crippen molar-refractivity contribution in [2.24, 2.45) is 0 Å². The van der Waals surface area contributed by atoms with Crippen molar-refractivity contribution in [1.82, 2.24) is 0 Å². The fourth-order valence-corrected chi connectivity index (χ4v) is 3.79. The molecule has 0 saturated heterocycles. The normalized spacial score (nSPS) is 33.6. The highest BCUT2D eigenvalue weighted by molar-refractivity contribution is 8.14. The predicted octanol–water partition coefficient (Wildman–Crippen LogP) is 2.10. The van der Waals surface area contributed by atoms with Gasteiger partial charge in [-0.2, -0.15) is 0 Å². The van der Waals surface area contributed by atoms with Gasteiger partial charge in [0.25, 0.3) is 0 Å². The third kappa shape index (κ3) is 2.49. The lowest BCUT2D eigenvalue weighted by Gasteiger charge is -2.23. The molecular formula is C6H10Cl2O2S. The summed E-state index contributed by atoms with van der Waals surface area (Å²) in [6.07, 6.45) is 3.30. The van der Waals surface area contributed by atoms with Crippen molar-refractivity contribution < 1.29 is 8.42 Å². The van der Waals surface area contributed by atoms with E-state index in [1.54, 1.807) is 0 Å². The molecule has 0 aromatic heterocycles.